The number of hydrogen-bond acceptors (Lipinski definition) is 8. The van der Waals surface area contributed by atoms with Crippen LogP contribution in [0, 0.1) is 42.4 Å². The van der Waals surface area contributed by atoms with Crippen molar-refractivity contribution in [2.24, 2.45) is 35.5 Å². The van der Waals surface area contributed by atoms with Crippen LogP contribution in [0.15, 0.2) is 12.1 Å². The summed E-state index contributed by atoms with van der Waals surface area (Å²) in [5.41, 5.74) is -1.74. The van der Waals surface area contributed by atoms with E-state index in [-0.39, 0.29) is 29.4 Å². The molecule has 0 amide bonds. The first kappa shape index (κ1) is 24.7. The SMILES string of the molecule is CC(=O)C1C(=O)C[C@@H]2[C@@H](CC(=O)C3CCC3)[C@H]3C(C(=O)c4c(ccc(C)c4O)[C@@H]3C)C(=O)[C@]2(O)C1=O. The van der Waals surface area contributed by atoms with Crippen LogP contribution in [0.4, 0.5) is 0 Å². The predicted molar refractivity (Wildman–Crippen MR) is 125 cm³/mol. The average molecular weight is 495 g/mol. The third kappa shape index (κ3) is 3.16. The summed E-state index contributed by atoms with van der Waals surface area (Å²) in [6.07, 6.45) is 1.95. The monoisotopic (exact) mass is 494 g/mol. The van der Waals surface area contributed by atoms with E-state index in [9.17, 15) is 39.0 Å². The normalized spacial score (nSPS) is 36.0. The minimum Gasteiger partial charge on any atom is -0.507 e. The van der Waals surface area contributed by atoms with Crippen molar-refractivity contribution in [2.45, 2.75) is 64.4 Å². The van der Waals surface area contributed by atoms with E-state index in [0.717, 1.165) is 26.2 Å². The van der Waals surface area contributed by atoms with Gasteiger partial charge in [0.25, 0.3) is 0 Å². The zero-order valence-electron chi connectivity index (χ0n) is 20.6. The molecule has 0 radical (unpaired) electrons. The molecular weight excluding hydrogens is 464 g/mol. The fourth-order valence-electron chi connectivity index (χ4n) is 7.21. The Morgan fingerprint density at radius 2 is 1.75 bits per heavy atom. The first-order valence-electron chi connectivity index (χ1n) is 12.6. The molecule has 0 heterocycles. The van der Waals surface area contributed by atoms with Crippen LogP contribution in [0.5, 0.6) is 5.75 Å². The van der Waals surface area contributed by atoms with Gasteiger partial charge in [-0.15, -0.1) is 0 Å². The summed E-state index contributed by atoms with van der Waals surface area (Å²) in [6.45, 7) is 4.49. The molecular formula is C28H30O8. The Bertz CT molecular complexity index is 1240. The summed E-state index contributed by atoms with van der Waals surface area (Å²) in [5.74, 6) is -11.2. The highest BCUT2D eigenvalue weighted by Gasteiger charge is 2.69. The molecule has 0 aromatic heterocycles. The number of carbonyl (C=O) groups is 6. The molecule has 0 spiro atoms. The Balaban J connectivity index is 1.69. The molecule has 3 fully saturated rings. The molecule has 2 N–H and O–H groups in total. The maximum atomic E-state index is 13.9. The zero-order chi connectivity index (χ0) is 26.3. The van der Waals surface area contributed by atoms with E-state index in [4.69, 9.17) is 0 Å². The van der Waals surface area contributed by atoms with Gasteiger partial charge in [0, 0.05) is 24.7 Å². The first-order valence-corrected chi connectivity index (χ1v) is 12.6. The molecule has 190 valence electrons. The van der Waals surface area contributed by atoms with Gasteiger partial charge >= 0.3 is 0 Å². The largest absolute Gasteiger partial charge is 0.507 e. The van der Waals surface area contributed by atoms with Crippen molar-refractivity contribution in [3.05, 3.63) is 28.8 Å². The van der Waals surface area contributed by atoms with Crippen LogP contribution in [-0.4, -0.2) is 50.5 Å². The van der Waals surface area contributed by atoms with Crippen LogP contribution in [-0.2, 0) is 24.0 Å². The van der Waals surface area contributed by atoms with E-state index in [2.05, 4.69) is 0 Å². The molecule has 7 atom stereocenters. The second-order valence-corrected chi connectivity index (χ2v) is 11.2. The lowest BCUT2D eigenvalue weighted by molar-refractivity contribution is -0.183. The third-order valence-corrected chi connectivity index (χ3v) is 9.38. The van der Waals surface area contributed by atoms with Crippen molar-refractivity contribution in [3.63, 3.8) is 0 Å². The summed E-state index contributed by atoms with van der Waals surface area (Å²) in [4.78, 5) is 79.4. The van der Waals surface area contributed by atoms with Gasteiger partial charge in [0.1, 0.15) is 23.2 Å². The molecule has 8 heteroatoms. The molecule has 0 aliphatic heterocycles. The molecule has 2 unspecified atom stereocenters. The highest BCUT2D eigenvalue weighted by Crippen LogP contribution is 2.57. The average Bonchev–Trinajstić information content (AvgIpc) is 2.76. The molecule has 8 nitrogen and oxygen atoms in total. The highest BCUT2D eigenvalue weighted by molar-refractivity contribution is 6.31. The summed E-state index contributed by atoms with van der Waals surface area (Å²) in [7, 11) is 0. The molecule has 0 bridgehead atoms. The molecule has 5 rings (SSSR count). The molecule has 1 aromatic carbocycles. The molecule has 36 heavy (non-hydrogen) atoms. The summed E-state index contributed by atoms with van der Waals surface area (Å²) in [6, 6.07) is 3.40. The van der Waals surface area contributed by atoms with Gasteiger partial charge in [0.05, 0.1) is 11.5 Å². The van der Waals surface area contributed by atoms with Crippen molar-refractivity contribution in [3.8, 4) is 5.75 Å². The number of rotatable bonds is 4. The van der Waals surface area contributed by atoms with Gasteiger partial charge in [-0.3, -0.25) is 28.8 Å². The van der Waals surface area contributed by atoms with Crippen LogP contribution in [0.2, 0.25) is 0 Å². The van der Waals surface area contributed by atoms with Gasteiger partial charge in [-0.1, -0.05) is 25.5 Å². The van der Waals surface area contributed by atoms with Gasteiger partial charge in [-0.25, -0.2) is 0 Å². The van der Waals surface area contributed by atoms with Crippen LogP contribution < -0.4 is 0 Å². The van der Waals surface area contributed by atoms with Crippen LogP contribution in [0.25, 0.3) is 0 Å². The summed E-state index contributed by atoms with van der Waals surface area (Å²) >= 11 is 0. The van der Waals surface area contributed by atoms with Crippen molar-refractivity contribution in [2.75, 3.05) is 0 Å². The first-order chi connectivity index (χ1) is 16.9. The number of aliphatic hydroxyl groups is 1. The quantitative estimate of drug-likeness (QED) is 0.607. The lowest BCUT2D eigenvalue weighted by Crippen LogP contribution is -2.70. The number of ketones is 6. The lowest BCUT2D eigenvalue weighted by Gasteiger charge is -2.55. The Morgan fingerprint density at radius 1 is 1.08 bits per heavy atom. The number of benzene rings is 1. The maximum absolute atomic E-state index is 13.9. The van der Waals surface area contributed by atoms with Crippen molar-refractivity contribution in [1.29, 1.82) is 0 Å². The smallest absolute Gasteiger partial charge is 0.190 e. The fraction of sp³-hybridized carbons (Fsp3) is 0.571. The van der Waals surface area contributed by atoms with E-state index in [1.807, 2.05) is 0 Å². The standard InChI is InChI=1S/C28H30O8/c1-11-7-8-15-12(2)20-16(9-18(30)14-5-4-6-14)17-10-19(31)21(13(3)29)26(34)28(17,36)27(35)23(20)25(33)22(15)24(11)32/h7-8,12,14,16-17,20-21,23,32,36H,4-6,9-10H2,1-3H3/t12-,16+,17+,20-,21?,23?,28+/m0/s1. The molecule has 4 aliphatic carbocycles. The molecule has 3 saturated carbocycles. The number of Topliss-reactive ketones (excluding diaryl/α,β-unsaturated/α-hetero) is 6. The number of aryl methyl sites for hydroxylation is 1. The van der Waals surface area contributed by atoms with Crippen molar-refractivity contribution >= 4 is 34.7 Å². The molecule has 4 aliphatic rings. The maximum Gasteiger partial charge on any atom is 0.190 e. The number of fused-ring (bicyclic) bond motifs is 3. The fourth-order valence-corrected chi connectivity index (χ4v) is 7.21. The predicted octanol–water partition coefficient (Wildman–Crippen LogP) is 2.29. The molecule has 0 saturated heterocycles. The van der Waals surface area contributed by atoms with Crippen LogP contribution >= 0.6 is 0 Å². The summed E-state index contributed by atoms with van der Waals surface area (Å²) in [5, 5.41) is 22.5. The number of phenols is 1. The van der Waals surface area contributed by atoms with Crippen LogP contribution in [0.3, 0.4) is 0 Å². The summed E-state index contributed by atoms with van der Waals surface area (Å²) < 4.78 is 0. The minimum atomic E-state index is -2.72. The van der Waals surface area contributed by atoms with E-state index in [1.165, 1.54) is 0 Å². The van der Waals surface area contributed by atoms with Gasteiger partial charge in [-0.2, -0.15) is 0 Å². The van der Waals surface area contributed by atoms with E-state index < -0.39 is 76.4 Å². The van der Waals surface area contributed by atoms with E-state index in [0.29, 0.717) is 11.1 Å². The van der Waals surface area contributed by atoms with Gasteiger partial charge in [-0.05, 0) is 55.6 Å². The van der Waals surface area contributed by atoms with Gasteiger partial charge in [0.15, 0.2) is 28.7 Å². The Hall–Kier alpha value is -3.00. The van der Waals surface area contributed by atoms with E-state index >= 15 is 0 Å². The zero-order valence-corrected chi connectivity index (χ0v) is 20.6. The Labute approximate surface area is 208 Å². The second-order valence-electron chi connectivity index (χ2n) is 11.2. The number of aromatic hydroxyl groups is 1. The topological polar surface area (TPSA) is 143 Å². The Morgan fingerprint density at radius 3 is 2.33 bits per heavy atom. The van der Waals surface area contributed by atoms with Crippen molar-refractivity contribution in [1.82, 2.24) is 0 Å². The highest BCUT2D eigenvalue weighted by atomic mass is 16.3. The van der Waals surface area contributed by atoms with Gasteiger partial charge in [0.2, 0.25) is 0 Å². The number of phenolic OH excluding ortho intramolecular Hbond substituents is 1. The Kier molecular flexibility index (Phi) is 5.67. The van der Waals surface area contributed by atoms with Crippen molar-refractivity contribution < 1.29 is 39.0 Å². The second kappa shape index (κ2) is 8.26. The number of carbonyl (C=O) groups excluding carboxylic acids is 6. The number of hydrogen-bond donors (Lipinski definition) is 2. The third-order valence-electron chi connectivity index (χ3n) is 9.38. The van der Waals surface area contributed by atoms with Crippen LogP contribution in [0.1, 0.15) is 73.4 Å². The van der Waals surface area contributed by atoms with E-state index in [1.54, 1.807) is 26.0 Å². The van der Waals surface area contributed by atoms with Gasteiger partial charge < -0.3 is 10.2 Å². The minimum absolute atomic E-state index is 0.00864. The lowest BCUT2D eigenvalue weighted by atomic mass is 9.47. The molecule has 1 aromatic rings.